The minimum absolute atomic E-state index is 0.130. The molecule has 4 aliphatic heterocycles. The summed E-state index contributed by atoms with van der Waals surface area (Å²) in [5.41, 5.74) is 0.187. The Kier molecular flexibility index (Phi) is 6.31. The largest absolute Gasteiger partial charge is 0.465 e. The van der Waals surface area contributed by atoms with E-state index in [0.29, 0.717) is 13.0 Å². The Hall–Kier alpha value is -2.97. The number of likely N-dealkylation sites (tertiary alicyclic amines) is 1. The van der Waals surface area contributed by atoms with E-state index >= 15 is 0 Å². The number of carbonyl (C=O) groups is 3. The Bertz CT molecular complexity index is 1170. The third kappa shape index (κ3) is 3.67. The number of anilines is 1. The van der Waals surface area contributed by atoms with Crippen LogP contribution in [0.25, 0.3) is 0 Å². The molecule has 1 N–H and O–H groups in total. The van der Waals surface area contributed by atoms with Crippen molar-refractivity contribution in [3.05, 3.63) is 53.6 Å². The summed E-state index contributed by atoms with van der Waals surface area (Å²) in [6, 6.07) is 4.20. The number of rotatable bonds is 4. The summed E-state index contributed by atoms with van der Waals surface area (Å²) < 4.78 is 12.3. The average Bonchev–Trinajstić information content (AvgIpc) is 3.15. The second-order valence-corrected chi connectivity index (χ2v) is 11.2. The molecule has 0 aliphatic carbocycles. The van der Waals surface area contributed by atoms with E-state index in [1.54, 1.807) is 11.8 Å². The van der Waals surface area contributed by atoms with Gasteiger partial charge in [-0.2, -0.15) is 0 Å². The molecule has 1 aromatic carbocycles. The summed E-state index contributed by atoms with van der Waals surface area (Å²) >= 11 is 0. The van der Waals surface area contributed by atoms with E-state index in [1.807, 2.05) is 70.2 Å². The number of aliphatic hydroxyl groups is 1. The van der Waals surface area contributed by atoms with Crippen LogP contribution in [-0.4, -0.2) is 70.8 Å². The SMILES string of the molecule is Cc1cccc(C)c1N1CC=C[C@]23O[C@@]4(C)C=CCCOC(=O)[C@H]4[C@H]2C(=O)N([C@@H](CO)C(C)C)C3C1=O. The topological polar surface area (TPSA) is 96.4 Å². The van der Waals surface area contributed by atoms with Gasteiger partial charge in [0.15, 0.2) is 0 Å². The molecule has 4 aliphatic rings. The van der Waals surface area contributed by atoms with Crippen LogP contribution in [0.15, 0.2) is 42.5 Å². The van der Waals surface area contributed by atoms with Gasteiger partial charge in [-0.05, 0) is 44.2 Å². The molecule has 1 spiro atoms. The number of carbonyl (C=O) groups excluding carboxylic acids is 3. The molecule has 8 nitrogen and oxygen atoms in total. The van der Waals surface area contributed by atoms with Crippen LogP contribution < -0.4 is 4.90 Å². The lowest BCUT2D eigenvalue weighted by Gasteiger charge is -2.41. The van der Waals surface area contributed by atoms with E-state index < -0.39 is 41.1 Å². The Balaban J connectivity index is 1.72. The molecule has 2 amide bonds. The fraction of sp³-hybridized carbons (Fsp3) is 0.552. The number of amides is 2. The predicted octanol–water partition coefficient (Wildman–Crippen LogP) is 2.70. The minimum Gasteiger partial charge on any atom is -0.465 e. The first-order valence-electron chi connectivity index (χ1n) is 13.1. The highest BCUT2D eigenvalue weighted by Crippen LogP contribution is 2.58. The number of aryl methyl sites for hydroxylation is 2. The van der Waals surface area contributed by atoms with Gasteiger partial charge in [-0.1, -0.05) is 56.4 Å². The highest BCUT2D eigenvalue weighted by molar-refractivity contribution is 6.06. The smallest absolute Gasteiger partial charge is 0.313 e. The summed E-state index contributed by atoms with van der Waals surface area (Å²) in [6.45, 7) is 9.74. The molecule has 0 saturated carbocycles. The van der Waals surface area contributed by atoms with E-state index in [0.717, 1.165) is 16.8 Å². The van der Waals surface area contributed by atoms with Crippen molar-refractivity contribution in [3.8, 4) is 0 Å². The van der Waals surface area contributed by atoms with Crippen LogP contribution in [0, 0.1) is 31.6 Å². The number of para-hydroxylation sites is 1. The molecule has 198 valence electrons. The number of fused-ring (bicyclic) bond motifs is 2. The van der Waals surface area contributed by atoms with Gasteiger partial charge in [0.2, 0.25) is 5.91 Å². The van der Waals surface area contributed by atoms with Crippen LogP contribution in [0.1, 0.15) is 38.3 Å². The van der Waals surface area contributed by atoms with Gasteiger partial charge >= 0.3 is 5.97 Å². The molecule has 6 atom stereocenters. The van der Waals surface area contributed by atoms with Crippen LogP contribution in [-0.2, 0) is 23.9 Å². The fourth-order valence-electron chi connectivity index (χ4n) is 6.84. The van der Waals surface area contributed by atoms with Gasteiger partial charge in [-0.25, -0.2) is 0 Å². The lowest BCUT2D eigenvalue weighted by molar-refractivity contribution is -0.160. The second-order valence-electron chi connectivity index (χ2n) is 11.2. The summed E-state index contributed by atoms with van der Waals surface area (Å²) in [7, 11) is 0. The second kappa shape index (κ2) is 9.10. The number of benzene rings is 1. The summed E-state index contributed by atoms with van der Waals surface area (Å²) in [5, 5.41) is 10.4. The number of nitrogens with zero attached hydrogens (tertiary/aromatic N) is 2. The maximum atomic E-state index is 14.6. The van der Waals surface area contributed by atoms with Crippen molar-refractivity contribution in [1.29, 1.82) is 0 Å². The van der Waals surface area contributed by atoms with Crippen LogP contribution >= 0.6 is 0 Å². The molecule has 0 aromatic heterocycles. The van der Waals surface area contributed by atoms with Crippen molar-refractivity contribution in [1.82, 2.24) is 4.90 Å². The number of cyclic esters (lactones) is 1. The maximum Gasteiger partial charge on any atom is 0.313 e. The minimum atomic E-state index is -1.38. The number of hydrogen-bond acceptors (Lipinski definition) is 6. The van der Waals surface area contributed by atoms with Gasteiger partial charge in [-0.3, -0.25) is 14.4 Å². The van der Waals surface area contributed by atoms with Crippen LogP contribution in [0.4, 0.5) is 5.69 Å². The number of ether oxygens (including phenoxy) is 2. The van der Waals surface area contributed by atoms with Gasteiger partial charge in [0, 0.05) is 12.2 Å². The van der Waals surface area contributed by atoms with Gasteiger partial charge < -0.3 is 24.4 Å². The van der Waals surface area contributed by atoms with Crippen LogP contribution in [0.2, 0.25) is 0 Å². The van der Waals surface area contributed by atoms with Crippen molar-refractivity contribution in [2.75, 3.05) is 24.7 Å². The molecular weight excluding hydrogens is 472 g/mol. The van der Waals surface area contributed by atoms with Crippen LogP contribution in [0.3, 0.4) is 0 Å². The van der Waals surface area contributed by atoms with Crippen molar-refractivity contribution in [3.63, 3.8) is 0 Å². The van der Waals surface area contributed by atoms with Crippen LogP contribution in [0.5, 0.6) is 0 Å². The number of hydrogen-bond donors (Lipinski definition) is 1. The molecule has 8 heteroatoms. The molecular formula is C29H36N2O6. The van der Waals surface area contributed by atoms with Crippen molar-refractivity contribution >= 4 is 23.5 Å². The Morgan fingerprint density at radius 3 is 2.41 bits per heavy atom. The first-order chi connectivity index (χ1) is 17.6. The van der Waals surface area contributed by atoms with Gasteiger partial charge in [0.1, 0.15) is 17.6 Å². The Morgan fingerprint density at radius 1 is 1.05 bits per heavy atom. The van der Waals surface area contributed by atoms with E-state index in [-0.39, 0.29) is 30.9 Å². The van der Waals surface area contributed by atoms with Gasteiger partial charge in [0.25, 0.3) is 5.91 Å². The van der Waals surface area contributed by atoms with Gasteiger partial charge in [-0.15, -0.1) is 0 Å². The first kappa shape index (κ1) is 25.7. The monoisotopic (exact) mass is 508 g/mol. The van der Waals surface area contributed by atoms with E-state index in [1.165, 1.54) is 4.90 Å². The summed E-state index contributed by atoms with van der Waals surface area (Å²) in [4.78, 5) is 45.5. The molecule has 1 unspecified atom stereocenters. The highest BCUT2D eigenvalue weighted by atomic mass is 16.6. The zero-order chi connectivity index (χ0) is 26.7. The zero-order valence-electron chi connectivity index (χ0n) is 22.1. The highest BCUT2D eigenvalue weighted by Gasteiger charge is 2.75. The average molecular weight is 509 g/mol. The Labute approximate surface area is 217 Å². The normalized spacial score (nSPS) is 34.0. The lowest BCUT2D eigenvalue weighted by atomic mass is 9.74. The summed E-state index contributed by atoms with van der Waals surface area (Å²) in [5.74, 6) is -3.15. The van der Waals surface area contributed by atoms with Crippen molar-refractivity contribution in [2.24, 2.45) is 17.8 Å². The molecule has 0 bridgehead atoms. The van der Waals surface area contributed by atoms with E-state index in [2.05, 4.69) is 0 Å². The predicted molar refractivity (Wildman–Crippen MR) is 138 cm³/mol. The lowest BCUT2D eigenvalue weighted by Crippen LogP contribution is -2.60. The third-order valence-electron chi connectivity index (χ3n) is 8.48. The summed E-state index contributed by atoms with van der Waals surface area (Å²) in [6.07, 6.45) is 7.99. The first-order valence-corrected chi connectivity index (χ1v) is 13.1. The molecule has 1 aromatic rings. The van der Waals surface area contributed by atoms with Crippen molar-refractivity contribution < 1.29 is 29.0 Å². The molecule has 2 saturated heterocycles. The molecule has 5 rings (SSSR count). The third-order valence-corrected chi connectivity index (χ3v) is 8.48. The van der Waals surface area contributed by atoms with Gasteiger partial charge in [0.05, 0.1) is 30.8 Å². The number of esters is 1. The molecule has 4 heterocycles. The zero-order valence-corrected chi connectivity index (χ0v) is 22.1. The van der Waals surface area contributed by atoms with E-state index in [4.69, 9.17) is 9.47 Å². The Morgan fingerprint density at radius 2 is 1.76 bits per heavy atom. The molecule has 2 fully saturated rings. The maximum absolute atomic E-state index is 14.6. The quantitative estimate of drug-likeness (QED) is 0.496. The standard InChI is InChI=1S/C29H36N2O6/c1-17(2)20(16-32)31-24-26(34)30(23-18(3)10-8-11-19(23)4)14-9-13-29(24)21(25(31)33)22-27(35)36-15-7-6-12-28(22,5)37-29/h6,8-13,17,20-22,24,32H,7,14-16H2,1-5H3/t20-,21-,22+,24?,28-,29-/m0/s1. The number of aliphatic hydroxyl groups excluding tert-OH is 1. The van der Waals surface area contributed by atoms with E-state index in [9.17, 15) is 19.5 Å². The molecule has 37 heavy (non-hydrogen) atoms. The molecule has 0 radical (unpaired) electrons. The van der Waals surface area contributed by atoms with Crippen molar-refractivity contribution in [2.45, 2.75) is 64.3 Å². The fourth-order valence-corrected chi connectivity index (χ4v) is 6.84.